The van der Waals surface area contributed by atoms with Gasteiger partial charge in [-0.25, -0.2) is 0 Å². The number of nitrogens with zero attached hydrogens (tertiary/aromatic N) is 4. The molecular formula is C21H18N4OS2. The van der Waals surface area contributed by atoms with E-state index >= 15 is 0 Å². The molecule has 1 aromatic heterocycles. The van der Waals surface area contributed by atoms with Crippen LogP contribution in [0.5, 0.6) is 0 Å². The quantitative estimate of drug-likeness (QED) is 0.558. The number of carbonyl (C=O) groups excluding carboxylic acids is 1. The van der Waals surface area contributed by atoms with Crippen LogP contribution in [0.25, 0.3) is 6.08 Å². The Hall–Kier alpha value is -2.77. The molecule has 0 unspecified atom stereocenters. The van der Waals surface area contributed by atoms with E-state index in [2.05, 4.69) is 34.2 Å². The molecule has 0 atom stereocenters. The van der Waals surface area contributed by atoms with E-state index in [0.717, 1.165) is 22.7 Å². The summed E-state index contributed by atoms with van der Waals surface area (Å²) in [7, 11) is 0. The van der Waals surface area contributed by atoms with Crippen LogP contribution >= 0.6 is 23.1 Å². The van der Waals surface area contributed by atoms with Crippen LogP contribution in [0.4, 0.5) is 10.8 Å². The van der Waals surface area contributed by atoms with Crippen LogP contribution in [0.1, 0.15) is 23.1 Å². The topological polar surface area (TPSA) is 58.5 Å². The highest BCUT2D eigenvalue weighted by molar-refractivity contribution is 8.19. The first-order chi connectivity index (χ1) is 13.6. The van der Waals surface area contributed by atoms with Crippen molar-refractivity contribution >= 4 is 51.1 Å². The second-order valence-electron chi connectivity index (χ2n) is 6.18. The van der Waals surface area contributed by atoms with Gasteiger partial charge in [0.2, 0.25) is 5.13 Å². The molecule has 2 heterocycles. The zero-order valence-electron chi connectivity index (χ0n) is 15.5. The third-order valence-corrected chi connectivity index (χ3v) is 5.91. The lowest BCUT2D eigenvalue weighted by atomic mass is 10.1. The Bertz CT molecular complexity index is 1060. The van der Waals surface area contributed by atoms with Gasteiger partial charge in [0, 0.05) is 0 Å². The lowest BCUT2D eigenvalue weighted by Crippen LogP contribution is -2.28. The predicted octanol–water partition coefficient (Wildman–Crippen LogP) is 5.22. The molecule has 0 aliphatic carbocycles. The van der Waals surface area contributed by atoms with Crippen LogP contribution in [-0.4, -0.2) is 21.3 Å². The summed E-state index contributed by atoms with van der Waals surface area (Å²) < 4.78 is 0. The first-order valence-electron chi connectivity index (χ1n) is 8.91. The minimum Gasteiger partial charge on any atom is -0.268 e. The van der Waals surface area contributed by atoms with Crippen LogP contribution < -0.4 is 4.90 Å². The third kappa shape index (κ3) is 3.90. The second kappa shape index (κ2) is 8.08. The first kappa shape index (κ1) is 18.6. The smallest absolute Gasteiger partial charge is 0.268 e. The van der Waals surface area contributed by atoms with Crippen molar-refractivity contribution < 1.29 is 4.79 Å². The lowest BCUT2D eigenvalue weighted by molar-refractivity contribution is -0.113. The fourth-order valence-electron chi connectivity index (χ4n) is 2.77. The number of rotatable bonds is 4. The Morgan fingerprint density at radius 2 is 1.82 bits per heavy atom. The molecule has 0 bridgehead atoms. The van der Waals surface area contributed by atoms with Gasteiger partial charge in [0.1, 0.15) is 5.01 Å². The summed E-state index contributed by atoms with van der Waals surface area (Å²) in [4.78, 5) is 20.0. The standard InChI is InChI=1S/C21H18N4OS2/c1-3-15-9-11-16(12-10-15)13-18-19(26)25(17-7-5-4-6-8-17)21(28-18)22-20-24-23-14(2)27-20/h4-13H,3H2,1-2H3/b18-13-,22-21+. The monoisotopic (exact) mass is 406 g/mol. The maximum absolute atomic E-state index is 13.2. The predicted molar refractivity (Wildman–Crippen MR) is 117 cm³/mol. The number of para-hydroxylation sites is 1. The van der Waals surface area contributed by atoms with Gasteiger partial charge in [-0.05, 0) is 54.4 Å². The average molecular weight is 407 g/mol. The van der Waals surface area contributed by atoms with Crippen molar-refractivity contribution in [3.05, 3.63) is 75.6 Å². The number of anilines is 1. The molecule has 1 fully saturated rings. The molecule has 2 aromatic carbocycles. The van der Waals surface area contributed by atoms with Crippen molar-refractivity contribution in [1.82, 2.24) is 10.2 Å². The Morgan fingerprint density at radius 1 is 1.07 bits per heavy atom. The van der Waals surface area contributed by atoms with E-state index in [-0.39, 0.29) is 5.91 Å². The molecule has 1 aliphatic heterocycles. The summed E-state index contributed by atoms with van der Waals surface area (Å²) in [6.07, 6.45) is 2.90. The maximum Gasteiger partial charge on any atom is 0.271 e. The fourth-order valence-corrected chi connectivity index (χ4v) is 4.37. The van der Waals surface area contributed by atoms with Crippen molar-refractivity contribution in [2.75, 3.05) is 4.90 Å². The summed E-state index contributed by atoms with van der Waals surface area (Å²) >= 11 is 2.76. The lowest BCUT2D eigenvalue weighted by Gasteiger charge is -2.14. The number of aryl methyl sites for hydroxylation is 2. The molecule has 0 radical (unpaired) electrons. The van der Waals surface area contributed by atoms with Gasteiger partial charge in [0.25, 0.3) is 5.91 Å². The number of hydrogen-bond acceptors (Lipinski definition) is 6. The summed E-state index contributed by atoms with van der Waals surface area (Å²) in [5, 5.41) is 10.1. The van der Waals surface area contributed by atoms with Gasteiger partial charge in [-0.3, -0.25) is 9.69 Å². The summed E-state index contributed by atoms with van der Waals surface area (Å²) in [6.45, 7) is 4.01. The molecule has 1 aliphatic rings. The van der Waals surface area contributed by atoms with Gasteiger partial charge >= 0.3 is 0 Å². The van der Waals surface area contributed by atoms with Crippen molar-refractivity contribution in [2.45, 2.75) is 20.3 Å². The van der Waals surface area contributed by atoms with Gasteiger partial charge in [-0.2, -0.15) is 4.99 Å². The second-order valence-corrected chi connectivity index (χ2v) is 8.35. The van der Waals surface area contributed by atoms with Gasteiger partial charge in [0.05, 0.1) is 10.6 Å². The van der Waals surface area contributed by atoms with Crippen LogP contribution in [0, 0.1) is 6.92 Å². The molecule has 0 spiro atoms. The zero-order chi connectivity index (χ0) is 19.5. The van der Waals surface area contributed by atoms with Crippen molar-refractivity contribution in [3.63, 3.8) is 0 Å². The minimum absolute atomic E-state index is 0.0873. The summed E-state index contributed by atoms with van der Waals surface area (Å²) in [5.41, 5.74) is 3.05. The number of carbonyl (C=O) groups is 1. The van der Waals surface area contributed by atoms with E-state index in [1.54, 1.807) is 4.90 Å². The minimum atomic E-state index is -0.0873. The highest BCUT2D eigenvalue weighted by Crippen LogP contribution is 2.37. The van der Waals surface area contributed by atoms with E-state index in [1.807, 2.05) is 55.5 Å². The fraction of sp³-hybridized carbons (Fsp3) is 0.143. The Balaban J connectivity index is 1.73. The van der Waals surface area contributed by atoms with Crippen LogP contribution in [0.3, 0.4) is 0 Å². The van der Waals surface area contributed by atoms with E-state index in [1.165, 1.54) is 28.7 Å². The normalized spacial score (nSPS) is 17.1. The number of amidine groups is 1. The van der Waals surface area contributed by atoms with E-state index < -0.39 is 0 Å². The number of thioether (sulfide) groups is 1. The SMILES string of the molecule is CCc1ccc(/C=C2\S/C(=N/c3nnc(C)s3)N(c3ccccc3)C2=O)cc1. The van der Waals surface area contributed by atoms with Crippen LogP contribution in [-0.2, 0) is 11.2 Å². The molecule has 1 saturated heterocycles. The average Bonchev–Trinajstić information content (AvgIpc) is 3.26. The zero-order valence-corrected chi connectivity index (χ0v) is 17.1. The largest absolute Gasteiger partial charge is 0.271 e. The molecule has 1 amide bonds. The highest BCUT2D eigenvalue weighted by Gasteiger charge is 2.35. The Labute approximate surface area is 171 Å². The van der Waals surface area contributed by atoms with Crippen LogP contribution in [0.2, 0.25) is 0 Å². The number of hydrogen-bond donors (Lipinski definition) is 0. The molecule has 5 nitrogen and oxygen atoms in total. The number of amides is 1. The van der Waals surface area contributed by atoms with Gasteiger partial charge in [-0.15, -0.1) is 10.2 Å². The molecule has 140 valence electrons. The summed E-state index contributed by atoms with van der Waals surface area (Å²) in [6, 6.07) is 17.8. The van der Waals surface area contributed by atoms with Crippen molar-refractivity contribution in [2.24, 2.45) is 4.99 Å². The molecule has 28 heavy (non-hydrogen) atoms. The molecule has 0 saturated carbocycles. The van der Waals surface area contributed by atoms with E-state index in [9.17, 15) is 4.79 Å². The molecule has 7 heteroatoms. The number of aliphatic imine (C=N–C) groups is 1. The van der Waals surface area contributed by atoms with Crippen LogP contribution in [0.15, 0.2) is 64.5 Å². The van der Waals surface area contributed by atoms with Crippen molar-refractivity contribution in [1.29, 1.82) is 0 Å². The number of aromatic nitrogens is 2. The van der Waals surface area contributed by atoms with Gasteiger partial charge < -0.3 is 0 Å². The third-order valence-electron chi connectivity index (χ3n) is 4.21. The molecule has 0 N–H and O–H groups in total. The van der Waals surface area contributed by atoms with E-state index in [0.29, 0.717) is 15.2 Å². The number of benzene rings is 2. The Kier molecular flexibility index (Phi) is 5.36. The first-order valence-corrected chi connectivity index (χ1v) is 10.5. The molecular weight excluding hydrogens is 388 g/mol. The summed E-state index contributed by atoms with van der Waals surface area (Å²) in [5.74, 6) is -0.0873. The maximum atomic E-state index is 13.2. The van der Waals surface area contributed by atoms with E-state index in [4.69, 9.17) is 0 Å². The van der Waals surface area contributed by atoms with Gasteiger partial charge in [0.15, 0.2) is 5.17 Å². The Morgan fingerprint density at radius 3 is 2.46 bits per heavy atom. The van der Waals surface area contributed by atoms with Crippen molar-refractivity contribution in [3.8, 4) is 0 Å². The highest BCUT2D eigenvalue weighted by atomic mass is 32.2. The molecule has 4 rings (SSSR count). The van der Waals surface area contributed by atoms with Gasteiger partial charge in [-0.1, -0.05) is 60.7 Å². The molecule has 3 aromatic rings.